The average molecular weight is 320 g/mol. The van der Waals surface area contributed by atoms with Gasteiger partial charge < -0.3 is 10.6 Å². The van der Waals surface area contributed by atoms with E-state index in [1.807, 2.05) is 13.8 Å². The van der Waals surface area contributed by atoms with E-state index in [4.69, 9.17) is 0 Å². The van der Waals surface area contributed by atoms with Crippen molar-refractivity contribution in [1.82, 2.24) is 10.6 Å². The van der Waals surface area contributed by atoms with E-state index in [1.165, 1.54) is 38.5 Å². The zero-order valence-electron chi connectivity index (χ0n) is 14.7. The van der Waals surface area contributed by atoms with Gasteiger partial charge in [-0.15, -0.1) is 0 Å². The maximum absolute atomic E-state index is 12.3. The van der Waals surface area contributed by atoms with Gasteiger partial charge in [-0.05, 0) is 67.6 Å². The van der Waals surface area contributed by atoms with Crippen LogP contribution in [-0.2, 0) is 9.59 Å². The molecule has 0 atom stereocenters. The molecule has 4 aliphatic carbocycles. The molecular weight excluding hydrogens is 288 g/mol. The SMILES string of the molecule is CC(C)CC(=O)NCCNC(=O)CC12CC3CC(CC(C3)C1)C2. The number of rotatable bonds is 7. The minimum atomic E-state index is 0.0790. The molecule has 4 bridgehead atoms. The van der Waals surface area contributed by atoms with Gasteiger partial charge in [-0.3, -0.25) is 9.59 Å². The molecule has 4 heteroatoms. The third-order valence-electron chi connectivity index (χ3n) is 6.06. The quantitative estimate of drug-likeness (QED) is 0.709. The lowest BCUT2D eigenvalue weighted by atomic mass is 9.49. The lowest BCUT2D eigenvalue weighted by Gasteiger charge is -2.56. The van der Waals surface area contributed by atoms with Crippen molar-refractivity contribution in [2.75, 3.05) is 13.1 Å². The first kappa shape index (κ1) is 16.8. The maximum atomic E-state index is 12.3. The highest BCUT2D eigenvalue weighted by atomic mass is 16.2. The zero-order valence-corrected chi connectivity index (χ0v) is 14.7. The lowest BCUT2D eigenvalue weighted by Crippen LogP contribution is -2.48. The number of nitrogens with one attached hydrogen (secondary N) is 2. The number of carbonyl (C=O) groups excluding carboxylic acids is 2. The fourth-order valence-electron chi connectivity index (χ4n) is 5.76. The number of amides is 2. The fourth-order valence-corrected chi connectivity index (χ4v) is 5.76. The Labute approximate surface area is 140 Å². The highest BCUT2D eigenvalue weighted by Gasteiger charge is 2.51. The highest BCUT2D eigenvalue weighted by molar-refractivity contribution is 5.77. The third kappa shape index (κ3) is 4.27. The molecule has 0 aromatic carbocycles. The smallest absolute Gasteiger partial charge is 0.220 e. The van der Waals surface area contributed by atoms with Gasteiger partial charge in [0, 0.05) is 25.9 Å². The predicted octanol–water partition coefficient (Wildman–Crippen LogP) is 2.87. The van der Waals surface area contributed by atoms with Gasteiger partial charge in [0.25, 0.3) is 0 Å². The summed E-state index contributed by atoms with van der Waals surface area (Å²) in [5.74, 6) is 3.32. The Morgan fingerprint density at radius 3 is 1.87 bits per heavy atom. The molecule has 0 unspecified atom stereocenters. The van der Waals surface area contributed by atoms with Gasteiger partial charge in [0.2, 0.25) is 11.8 Å². The molecular formula is C19H32N2O2. The summed E-state index contributed by atoms with van der Waals surface area (Å²) >= 11 is 0. The molecule has 4 saturated carbocycles. The van der Waals surface area contributed by atoms with Crippen molar-refractivity contribution in [3.8, 4) is 0 Å². The van der Waals surface area contributed by atoms with Crippen molar-refractivity contribution in [3.05, 3.63) is 0 Å². The van der Waals surface area contributed by atoms with Gasteiger partial charge >= 0.3 is 0 Å². The van der Waals surface area contributed by atoms with Gasteiger partial charge in [-0.25, -0.2) is 0 Å². The predicted molar refractivity (Wildman–Crippen MR) is 90.7 cm³/mol. The van der Waals surface area contributed by atoms with E-state index >= 15 is 0 Å². The minimum Gasteiger partial charge on any atom is -0.354 e. The molecule has 130 valence electrons. The first-order chi connectivity index (χ1) is 10.9. The van der Waals surface area contributed by atoms with Crippen LogP contribution in [0.25, 0.3) is 0 Å². The van der Waals surface area contributed by atoms with Gasteiger partial charge in [0.15, 0.2) is 0 Å². The monoisotopic (exact) mass is 320 g/mol. The zero-order chi connectivity index (χ0) is 16.4. The van der Waals surface area contributed by atoms with E-state index < -0.39 is 0 Å². The maximum Gasteiger partial charge on any atom is 0.220 e. The first-order valence-electron chi connectivity index (χ1n) is 9.47. The van der Waals surface area contributed by atoms with Crippen LogP contribution in [0.15, 0.2) is 0 Å². The van der Waals surface area contributed by atoms with Gasteiger partial charge in [-0.2, -0.15) is 0 Å². The Bertz CT molecular complexity index is 423. The van der Waals surface area contributed by atoms with Gasteiger partial charge in [0.05, 0.1) is 0 Å². The standard InChI is InChI=1S/C19H32N2O2/c1-13(2)5-17(22)20-3-4-21-18(23)12-19-9-14-6-15(10-19)8-16(7-14)11-19/h13-16H,3-12H2,1-2H3,(H,20,22)(H,21,23). The molecule has 0 radical (unpaired) electrons. The molecule has 4 rings (SSSR count). The van der Waals surface area contributed by atoms with E-state index in [0.717, 1.165) is 17.8 Å². The molecule has 2 amide bonds. The Balaban J connectivity index is 1.38. The molecule has 2 N–H and O–H groups in total. The van der Waals surface area contributed by atoms with Crippen molar-refractivity contribution in [3.63, 3.8) is 0 Å². The van der Waals surface area contributed by atoms with Crippen LogP contribution in [0.5, 0.6) is 0 Å². The second-order valence-electron chi connectivity index (χ2n) is 8.89. The van der Waals surface area contributed by atoms with Crippen LogP contribution >= 0.6 is 0 Å². The third-order valence-corrected chi connectivity index (χ3v) is 6.06. The van der Waals surface area contributed by atoms with Gasteiger partial charge in [-0.1, -0.05) is 13.8 Å². The van der Waals surface area contributed by atoms with Crippen LogP contribution in [0.1, 0.15) is 65.2 Å². The van der Waals surface area contributed by atoms with Crippen LogP contribution in [0, 0.1) is 29.1 Å². The summed E-state index contributed by atoms with van der Waals surface area (Å²) in [6.07, 6.45) is 9.35. The average Bonchev–Trinajstić information content (AvgIpc) is 2.40. The van der Waals surface area contributed by atoms with Crippen LogP contribution in [0.2, 0.25) is 0 Å². The van der Waals surface area contributed by atoms with E-state index in [2.05, 4.69) is 10.6 Å². The summed E-state index contributed by atoms with van der Waals surface area (Å²) < 4.78 is 0. The second kappa shape index (κ2) is 6.82. The van der Waals surface area contributed by atoms with E-state index in [-0.39, 0.29) is 11.8 Å². The summed E-state index contributed by atoms with van der Waals surface area (Å²) in [6, 6.07) is 0. The summed E-state index contributed by atoms with van der Waals surface area (Å²) in [5, 5.41) is 5.89. The normalized spacial score (nSPS) is 34.7. The minimum absolute atomic E-state index is 0.0790. The van der Waals surface area contributed by atoms with E-state index in [0.29, 0.717) is 37.3 Å². The summed E-state index contributed by atoms with van der Waals surface area (Å²) in [7, 11) is 0. The van der Waals surface area contributed by atoms with Gasteiger partial charge in [0.1, 0.15) is 0 Å². The topological polar surface area (TPSA) is 58.2 Å². The van der Waals surface area contributed by atoms with Crippen molar-refractivity contribution in [2.45, 2.75) is 65.2 Å². The molecule has 0 spiro atoms. The molecule has 4 nitrogen and oxygen atoms in total. The number of hydrogen-bond donors (Lipinski definition) is 2. The van der Waals surface area contributed by atoms with Crippen LogP contribution in [-0.4, -0.2) is 24.9 Å². The van der Waals surface area contributed by atoms with Crippen LogP contribution in [0.3, 0.4) is 0 Å². The number of carbonyl (C=O) groups is 2. The Kier molecular flexibility index (Phi) is 4.98. The molecule has 0 aliphatic heterocycles. The van der Waals surface area contributed by atoms with Crippen LogP contribution < -0.4 is 10.6 Å². The lowest BCUT2D eigenvalue weighted by molar-refractivity contribution is -0.129. The molecule has 4 aliphatic rings. The fraction of sp³-hybridized carbons (Fsp3) is 0.895. The van der Waals surface area contributed by atoms with Crippen molar-refractivity contribution < 1.29 is 9.59 Å². The summed E-state index contributed by atoms with van der Waals surface area (Å²) in [5.41, 5.74) is 0.305. The molecule has 4 fully saturated rings. The number of hydrogen-bond acceptors (Lipinski definition) is 2. The first-order valence-corrected chi connectivity index (χ1v) is 9.47. The largest absolute Gasteiger partial charge is 0.354 e. The Hall–Kier alpha value is -1.06. The summed E-state index contributed by atoms with van der Waals surface area (Å²) in [6.45, 7) is 5.16. The summed E-state index contributed by atoms with van der Waals surface area (Å²) in [4.78, 5) is 23.9. The molecule has 23 heavy (non-hydrogen) atoms. The Morgan fingerprint density at radius 1 is 0.913 bits per heavy atom. The second-order valence-corrected chi connectivity index (χ2v) is 8.89. The molecule has 0 aromatic rings. The van der Waals surface area contributed by atoms with E-state index in [1.54, 1.807) is 0 Å². The van der Waals surface area contributed by atoms with E-state index in [9.17, 15) is 9.59 Å². The highest BCUT2D eigenvalue weighted by Crippen LogP contribution is 2.61. The van der Waals surface area contributed by atoms with Crippen molar-refractivity contribution in [1.29, 1.82) is 0 Å². The molecule has 0 heterocycles. The van der Waals surface area contributed by atoms with Crippen LogP contribution in [0.4, 0.5) is 0 Å². The Morgan fingerprint density at radius 2 is 1.39 bits per heavy atom. The molecule has 0 saturated heterocycles. The van der Waals surface area contributed by atoms with Crippen molar-refractivity contribution >= 4 is 11.8 Å². The van der Waals surface area contributed by atoms with Crippen molar-refractivity contribution in [2.24, 2.45) is 29.1 Å². The molecule has 0 aromatic heterocycles.